The molecule has 4 nitrogen and oxygen atoms in total. The Kier molecular flexibility index (Phi) is 4.54. The molecule has 0 saturated heterocycles. The summed E-state index contributed by atoms with van der Waals surface area (Å²) in [5.74, 6) is -0.298. The minimum atomic E-state index is -1.13. The average molecular weight is 215 g/mol. The van der Waals surface area contributed by atoms with Crippen LogP contribution in [0.25, 0.3) is 0 Å². The van der Waals surface area contributed by atoms with Crippen LogP contribution in [0.3, 0.4) is 0 Å². The number of carboxylic acid groups (broad SMARTS) is 1. The normalized spacial score (nSPS) is 30.9. The van der Waals surface area contributed by atoms with Gasteiger partial charge in [0.1, 0.15) is 6.04 Å². The van der Waals surface area contributed by atoms with Crippen LogP contribution in [0.5, 0.6) is 0 Å². The number of hydrogen-bond acceptors (Lipinski definition) is 3. The van der Waals surface area contributed by atoms with Crippen molar-refractivity contribution in [3.05, 3.63) is 0 Å². The number of carbonyl (C=O) groups is 1. The molecule has 1 fully saturated rings. The SMILES string of the molecule is CCC1CCC(C(O)C(N)C(=O)O)CC1. The largest absolute Gasteiger partial charge is 0.480 e. The maximum absolute atomic E-state index is 10.6. The molecule has 0 aliphatic heterocycles. The molecule has 0 spiro atoms. The zero-order valence-electron chi connectivity index (χ0n) is 9.22. The lowest BCUT2D eigenvalue weighted by Gasteiger charge is -2.32. The summed E-state index contributed by atoms with van der Waals surface area (Å²) in [6, 6.07) is -1.13. The van der Waals surface area contributed by atoms with Crippen molar-refractivity contribution in [3.8, 4) is 0 Å². The lowest BCUT2D eigenvalue weighted by molar-refractivity contribution is -0.142. The highest BCUT2D eigenvalue weighted by atomic mass is 16.4. The van der Waals surface area contributed by atoms with Crippen LogP contribution >= 0.6 is 0 Å². The van der Waals surface area contributed by atoms with Gasteiger partial charge in [-0.05, 0) is 24.7 Å². The Labute approximate surface area is 90.5 Å². The van der Waals surface area contributed by atoms with Crippen LogP contribution in [-0.2, 0) is 4.79 Å². The number of rotatable bonds is 4. The highest BCUT2D eigenvalue weighted by Crippen LogP contribution is 2.32. The second-order valence-corrected chi connectivity index (χ2v) is 4.54. The van der Waals surface area contributed by atoms with Crippen LogP contribution in [0, 0.1) is 11.8 Å². The van der Waals surface area contributed by atoms with E-state index in [-0.39, 0.29) is 5.92 Å². The first-order valence-corrected chi connectivity index (χ1v) is 5.72. The Bertz CT molecular complexity index is 212. The molecule has 0 radical (unpaired) electrons. The van der Waals surface area contributed by atoms with Crippen molar-refractivity contribution in [2.45, 2.75) is 51.2 Å². The Morgan fingerprint density at radius 2 is 1.93 bits per heavy atom. The molecule has 15 heavy (non-hydrogen) atoms. The van der Waals surface area contributed by atoms with Gasteiger partial charge in [-0.15, -0.1) is 0 Å². The van der Waals surface area contributed by atoms with Crippen molar-refractivity contribution in [2.75, 3.05) is 0 Å². The van der Waals surface area contributed by atoms with E-state index in [1.165, 1.54) is 6.42 Å². The van der Waals surface area contributed by atoms with Crippen LogP contribution < -0.4 is 5.73 Å². The third-order valence-corrected chi connectivity index (χ3v) is 3.60. The van der Waals surface area contributed by atoms with E-state index in [1.807, 2.05) is 0 Å². The van der Waals surface area contributed by atoms with Gasteiger partial charge in [-0.25, -0.2) is 0 Å². The van der Waals surface area contributed by atoms with Gasteiger partial charge in [-0.1, -0.05) is 26.2 Å². The predicted molar refractivity (Wildman–Crippen MR) is 57.4 cm³/mol. The van der Waals surface area contributed by atoms with Gasteiger partial charge in [0.05, 0.1) is 6.10 Å². The number of carboxylic acids is 1. The van der Waals surface area contributed by atoms with Crippen molar-refractivity contribution in [3.63, 3.8) is 0 Å². The average Bonchev–Trinajstić information content (AvgIpc) is 2.27. The van der Waals surface area contributed by atoms with Crippen LogP contribution in [0.1, 0.15) is 39.0 Å². The van der Waals surface area contributed by atoms with Crippen LogP contribution in [-0.4, -0.2) is 28.3 Å². The molecule has 2 unspecified atom stereocenters. The topological polar surface area (TPSA) is 83.5 Å². The molecular formula is C11H21NO3. The molecule has 0 heterocycles. The van der Waals surface area contributed by atoms with Gasteiger partial charge < -0.3 is 15.9 Å². The van der Waals surface area contributed by atoms with E-state index in [1.54, 1.807) is 0 Å². The van der Waals surface area contributed by atoms with Gasteiger partial charge in [-0.2, -0.15) is 0 Å². The number of aliphatic hydroxyl groups excluding tert-OH is 1. The molecule has 0 aromatic heterocycles. The molecule has 1 aliphatic rings. The summed E-state index contributed by atoms with van der Waals surface area (Å²) >= 11 is 0. The molecule has 88 valence electrons. The van der Waals surface area contributed by atoms with E-state index in [4.69, 9.17) is 10.8 Å². The van der Waals surface area contributed by atoms with Crippen molar-refractivity contribution in [1.29, 1.82) is 0 Å². The number of hydrogen-bond donors (Lipinski definition) is 3. The first-order chi connectivity index (χ1) is 7.06. The van der Waals surface area contributed by atoms with E-state index < -0.39 is 18.1 Å². The number of aliphatic hydroxyl groups is 1. The minimum Gasteiger partial charge on any atom is -0.480 e. The van der Waals surface area contributed by atoms with Crippen molar-refractivity contribution in [1.82, 2.24) is 0 Å². The molecule has 0 amide bonds. The fraction of sp³-hybridized carbons (Fsp3) is 0.909. The quantitative estimate of drug-likeness (QED) is 0.652. The van der Waals surface area contributed by atoms with Crippen molar-refractivity contribution >= 4 is 5.97 Å². The standard InChI is InChI=1S/C11H21NO3/c1-2-7-3-5-8(6-4-7)10(13)9(12)11(14)15/h7-10,13H,2-6,12H2,1H3,(H,14,15). The van der Waals surface area contributed by atoms with E-state index in [0.29, 0.717) is 0 Å². The fourth-order valence-electron chi connectivity index (χ4n) is 2.38. The second kappa shape index (κ2) is 5.47. The fourth-order valence-corrected chi connectivity index (χ4v) is 2.38. The predicted octanol–water partition coefficient (Wildman–Crippen LogP) is 0.976. The molecule has 4 N–H and O–H groups in total. The Balaban J connectivity index is 2.42. The highest BCUT2D eigenvalue weighted by molar-refractivity contribution is 5.73. The molecule has 4 heteroatoms. The van der Waals surface area contributed by atoms with Crippen molar-refractivity contribution in [2.24, 2.45) is 17.6 Å². The summed E-state index contributed by atoms with van der Waals surface area (Å²) in [5, 5.41) is 18.5. The number of nitrogens with two attached hydrogens (primary N) is 1. The van der Waals surface area contributed by atoms with Crippen molar-refractivity contribution < 1.29 is 15.0 Å². The lowest BCUT2D eigenvalue weighted by atomic mass is 9.77. The molecular weight excluding hydrogens is 194 g/mol. The first kappa shape index (κ1) is 12.5. The minimum absolute atomic E-state index is 0.0684. The van der Waals surface area contributed by atoms with Gasteiger partial charge in [0, 0.05) is 0 Å². The molecule has 0 bridgehead atoms. The van der Waals surface area contributed by atoms with E-state index in [0.717, 1.165) is 31.6 Å². The molecule has 1 rings (SSSR count). The smallest absolute Gasteiger partial charge is 0.323 e. The maximum atomic E-state index is 10.6. The first-order valence-electron chi connectivity index (χ1n) is 5.72. The van der Waals surface area contributed by atoms with E-state index in [9.17, 15) is 9.90 Å². The lowest BCUT2D eigenvalue weighted by Crippen LogP contribution is -2.46. The molecule has 1 aliphatic carbocycles. The third kappa shape index (κ3) is 3.18. The molecule has 0 aromatic rings. The second-order valence-electron chi connectivity index (χ2n) is 4.54. The molecule has 1 saturated carbocycles. The molecule has 2 atom stereocenters. The zero-order valence-corrected chi connectivity index (χ0v) is 9.22. The van der Waals surface area contributed by atoms with Crippen LogP contribution in [0.2, 0.25) is 0 Å². The third-order valence-electron chi connectivity index (χ3n) is 3.60. The van der Waals surface area contributed by atoms with Crippen LogP contribution in [0.15, 0.2) is 0 Å². The van der Waals surface area contributed by atoms with Crippen LogP contribution in [0.4, 0.5) is 0 Å². The summed E-state index contributed by atoms with van der Waals surface area (Å²) in [7, 11) is 0. The summed E-state index contributed by atoms with van der Waals surface area (Å²) in [5.41, 5.74) is 5.41. The van der Waals surface area contributed by atoms with Gasteiger partial charge >= 0.3 is 5.97 Å². The van der Waals surface area contributed by atoms with Gasteiger partial charge in [-0.3, -0.25) is 4.79 Å². The Morgan fingerprint density at radius 3 is 2.33 bits per heavy atom. The van der Waals surface area contributed by atoms with Gasteiger partial charge in [0.2, 0.25) is 0 Å². The van der Waals surface area contributed by atoms with E-state index >= 15 is 0 Å². The van der Waals surface area contributed by atoms with Gasteiger partial charge in [0.15, 0.2) is 0 Å². The summed E-state index contributed by atoms with van der Waals surface area (Å²) in [6.45, 7) is 2.17. The van der Waals surface area contributed by atoms with E-state index in [2.05, 4.69) is 6.92 Å². The highest BCUT2D eigenvalue weighted by Gasteiger charge is 2.32. The maximum Gasteiger partial charge on any atom is 0.323 e. The van der Waals surface area contributed by atoms with Gasteiger partial charge in [0.25, 0.3) is 0 Å². The Morgan fingerprint density at radius 1 is 1.40 bits per heavy atom. The monoisotopic (exact) mass is 215 g/mol. The number of aliphatic carboxylic acids is 1. The molecule has 0 aromatic carbocycles. The summed E-state index contributed by atoms with van der Waals surface area (Å²) < 4.78 is 0. The zero-order chi connectivity index (χ0) is 11.4. The summed E-state index contributed by atoms with van der Waals surface area (Å²) in [6.07, 6.45) is 4.27. The Hall–Kier alpha value is -0.610. The summed E-state index contributed by atoms with van der Waals surface area (Å²) in [4.78, 5) is 10.6.